The van der Waals surface area contributed by atoms with E-state index in [9.17, 15) is 4.79 Å². The van der Waals surface area contributed by atoms with Gasteiger partial charge in [-0.3, -0.25) is 4.79 Å². The second kappa shape index (κ2) is 8.14. The van der Waals surface area contributed by atoms with E-state index in [0.717, 1.165) is 36.4 Å². The highest BCUT2D eigenvalue weighted by Crippen LogP contribution is 2.23. The van der Waals surface area contributed by atoms with Gasteiger partial charge in [-0.25, -0.2) is 9.67 Å². The molecule has 24 heavy (non-hydrogen) atoms. The number of amides is 1. The minimum absolute atomic E-state index is 0. The van der Waals surface area contributed by atoms with E-state index in [2.05, 4.69) is 36.2 Å². The minimum Gasteiger partial charge on any atom is -0.333 e. The molecule has 0 saturated carbocycles. The Hall–Kier alpha value is -1.37. The summed E-state index contributed by atoms with van der Waals surface area (Å²) in [6.07, 6.45) is 1.77. The summed E-state index contributed by atoms with van der Waals surface area (Å²) in [7, 11) is 0. The zero-order valence-electron chi connectivity index (χ0n) is 14.4. The Kier molecular flexibility index (Phi) is 7.01. The van der Waals surface area contributed by atoms with Crippen LogP contribution < -0.4 is 5.32 Å². The summed E-state index contributed by atoms with van der Waals surface area (Å²) in [6, 6.07) is 2.30. The number of pyridine rings is 1. The third-order valence-corrected chi connectivity index (χ3v) is 4.18. The number of carbonyl (C=O) groups is 1. The fourth-order valence-corrected chi connectivity index (χ4v) is 3.00. The van der Waals surface area contributed by atoms with Gasteiger partial charge in [0, 0.05) is 37.4 Å². The molecule has 0 radical (unpaired) electrons. The maximum Gasteiger partial charge on any atom is 0.255 e. The van der Waals surface area contributed by atoms with Crippen LogP contribution in [0, 0.1) is 6.92 Å². The van der Waals surface area contributed by atoms with Gasteiger partial charge in [0.1, 0.15) is 0 Å². The monoisotopic (exact) mass is 373 g/mol. The molecule has 2 aromatic rings. The van der Waals surface area contributed by atoms with Crippen LogP contribution in [0.1, 0.15) is 42.9 Å². The number of fused-ring (bicyclic) bond motifs is 1. The first-order chi connectivity index (χ1) is 10.5. The molecule has 6 nitrogen and oxygen atoms in total. The van der Waals surface area contributed by atoms with E-state index in [0.29, 0.717) is 5.56 Å². The van der Waals surface area contributed by atoms with E-state index in [1.54, 1.807) is 6.20 Å². The number of halogens is 2. The summed E-state index contributed by atoms with van der Waals surface area (Å²) in [5.41, 5.74) is 2.35. The predicted octanol–water partition coefficient (Wildman–Crippen LogP) is 2.60. The fourth-order valence-electron chi connectivity index (χ4n) is 3.00. The lowest BCUT2D eigenvalue weighted by molar-refractivity contribution is 0.0657. The van der Waals surface area contributed by atoms with E-state index in [1.165, 1.54) is 0 Å². The summed E-state index contributed by atoms with van der Waals surface area (Å²) in [5, 5.41) is 8.57. The first-order valence-corrected chi connectivity index (χ1v) is 7.85. The summed E-state index contributed by atoms with van der Waals surface area (Å²) in [5.74, 6) is 0.0767. The number of carbonyl (C=O) groups excluding carboxylic acids is 1. The number of hydrogen-bond donors (Lipinski definition) is 1. The van der Waals surface area contributed by atoms with Crippen LogP contribution in [0.4, 0.5) is 0 Å². The number of aromatic nitrogens is 3. The third kappa shape index (κ3) is 3.66. The molecule has 3 rings (SSSR count). The van der Waals surface area contributed by atoms with Crippen LogP contribution in [0.2, 0.25) is 0 Å². The maximum absolute atomic E-state index is 13.0. The first kappa shape index (κ1) is 20.7. The van der Waals surface area contributed by atoms with Gasteiger partial charge in [-0.2, -0.15) is 5.10 Å². The van der Waals surface area contributed by atoms with Crippen molar-refractivity contribution in [2.75, 3.05) is 19.6 Å². The van der Waals surface area contributed by atoms with Crippen molar-refractivity contribution in [1.29, 1.82) is 0 Å². The number of piperazine rings is 1. The lowest BCUT2D eigenvalue weighted by Gasteiger charge is -2.34. The average molecular weight is 374 g/mol. The van der Waals surface area contributed by atoms with E-state index in [4.69, 9.17) is 0 Å². The molecule has 0 bridgehead atoms. The third-order valence-electron chi connectivity index (χ3n) is 4.18. The van der Waals surface area contributed by atoms with Gasteiger partial charge in [0.25, 0.3) is 5.91 Å². The normalized spacial score (nSPS) is 17.5. The second-order valence-electron chi connectivity index (χ2n) is 6.28. The van der Waals surface area contributed by atoms with Gasteiger partial charge in [0.15, 0.2) is 5.65 Å². The molecular weight excluding hydrogens is 349 g/mol. The second-order valence-corrected chi connectivity index (χ2v) is 6.28. The standard InChI is InChI=1S/C16H23N5O.2ClH/c1-10(2)21-15-14(9-18-21)13(7-11(3)19-15)16(22)20-6-5-17-8-12(20)4;;/h7,9-10,12,17H,5-6,8H2,1-4H3;2*1H/t12-;;/m0../s1. The number of hydrogen-bond acceptors (Lipinski definition) is 4. The van der Waals surface area contributed by atoms with Gasteiger partial charge < -0.3 is 10.2 Å². The molecule has 1 aliphatic rings. The van der Waals surface area contributed by atoms with Crippen LogP contribution in [-0.4, -0.2) is 51.2 Å². The molecule has 1 amide bonds. The molecule has 0 unspecified atom stereocenters. The molecule has 0 spiro atoms. The number of nitrogens with one attached hydrogen (secondary N) is 1. The first-order valence-electron chi connectivity index (χ1n) is 7.85. The lowest BCUT2D eigenvalue weighted by atomic mass is 10.1. The molecule has 8 heteroatoms. The molecule has 1 fully saturated rings. The van der Waals surface area contributed by atoms with Crippen LogP contribution in [0.25, 0.3) is 11.0 Å². The van der Waals surface area contributed by atoms with E-state index in [-0.39, 0.29) is 42.8 Å². The molecule has 0 aromatic carbocycles. The highest BCUT2D eigenvalue weighted by atomic mass is 35.5. The van der Waals surface area contributed by atoms with Crippen molar-refractivity contribution < 1.29 is 4.79 Å². The van der Waals surface area contributed by atoms with Gasteiger partial charge in [-0.1, -0.05) is 0 Å². The number of rotatable bonds is 2. The topological polar surface area (TPSA) is 63.1 Å². The highest BCUT2D eigenvalue weighted by molar-refractivity contribution is 6.05. The van der Waals surface area contributed by atoms with Crippen molar-refractivity contribution in [3.63, 3.8) is 0 Å². The van der Waals surface area contributed by atoms with Crippen molar-refractivity contribution in [2.45, 2.75) is 39.8 Å². The fraction of sp³-hybridized carbons (Fsp3) is 0.562. The summed E-state index contributed by atoms with van der Waals surface area (Å²) < 4.78 is 1.88. The Morgan fingerprint density at radius 1 is 1.38 bits per heavy atom. The van der Waals surface area contributed by atoms with Gasteiger partial charge in [-0.15, -0.1) is 24.8 Å². The Morgan fingerprint density at radius 3 is 2.71 bits per heavy atom. The van der Waals surface area contributed by atoms with Crippen LogP contribution in [0.5, 0.6) is 0 Å². The van der Waals surface area contributed by atoms with Gasteiger partial charge in [-0.05, 0) is 33.8 Å². The Morgan fingerprint density at radius 2 is 2.08 bits per heavy atom. The number of nitrogens with zero attached hydrogens (tertiary/aromatic N) is 4. The summed E-state index contributed by atoms with van der Waals surface area (Å²) in [4.78, 5) is 19.5. The van der Waals surface area contributed by atoms with Gasteiger partial charge in [0.05, 0.1) is 17.1 Å². The Labute approximate surface area is 154 Å². The molecular formula is C16H25Cl2N5O. The molecule has 0 aliphatic carbocycles. The quantitative estimate of drug-likeness (QED) is 0.878. The van der Waals surface area contributed by atoms with Gasteiger partial charge in [0.2, 0.25) is 0 Å². The summed E-state index contributed by atoms with van der Waals surface area (Å²) >= 11 is 0. The molecule has 3 heterocycles. The maximum atomic E-state index is 13.0. The average Bonchev–Trinajstić information content (AvgIpc) is 2.90. The van der Waals surface area contributed by atoms with Crippen molar-refractivity contribution >= 4 is 41.8 Å². The molecule has 1 saturated heterocycles. The lowest BCUT2D eigenvalue weighted by Crippen LogP contribution is -2.52. The molecule has 1 atom stereocenters. The molecule has 134 valence electrons. The molecule has 2 aromatic heterocycles. The van der Waals surface area contributed by atoms with Crippen molar-refractivity contribution in [2.24, 2.45) is 0 Å². The van der Waals surface area contributed by atoms with E-state index >= 15 is 0 Å². The van der Waals surface area contributed by atoms with Crippen LogP contribution in [-0.2, 0) is 0 Å². The van der Waals surface area contributed by atoms with Crippen molar-refractivity contribution in [3.05, 3.63) is 23.5 Å². The Bertz CT molecular complexity index is 716. The number of aryl methyl sites for hydroxylation is 1. The van der Waals surface area contributed by atoms with Gasteiger partial charge >= 0.3 is 0 Å². The zero-order valence-corrected chi connectivity index (χ0v) is 16.1. The molecule has 1 aliphatic heterocycles. The molecule has 1 N–H and O–H groups in total. The van der Waals surface area contributed by atoms with E-state index in [1.807, 2.05) is 22.6 Å². The predicted molar refractivity (Wildman–Crippen MR) is 101 cm³/mol. The SMILES string of the molecule is Cc1cc(C(=O)N2CCNC[C@@H]2C)c2cnn(C(C)C)c2n1.Cl.Cl. The van der Waals surface area contributed by atoms with Crippen molar-refractivity contribution in [1.82, 2.24) is 25.0 Å². The highest BCUT2D eigenvalue weighted by Gasteiger charge is 2.26. The van der Waals surface area contributed by atoms with Crippen molar-refractivity contribution in [3.8, 4) is 0 Å². The van der Waals surface area contributed by atoms with Crippen LogP contribution in [0.3, 0.4) is 0 Å². The minimum atomic E-state index is 0. The smallest absolute Gasteiger partial charge is 0.255 e. The van der Waals surface area contributed by atoms with Crippen LogP contribution >= 0.6 is 24.8 Å². The zero-order chi connectivity index (χ0) is 15.9. The summed E-state index contributed by atoms with van der Waals surface area (Å²) in [6.45, 7) is 10.6. The van der Waals surface area contributed by atoms with E-state index < -0.39 is 0 Å². The largest absolute Gasteiger partial charge is 0.333 e. The van der Waals surface area contributed by atoms with Crippen LogP contribution in [0.15, 0.2) is 12.3 Å². The Balaban J connectivity index is 0.00000144.